The highest BCUT2D eigenvalue weighted by Gasteiger charge is 2.20. The number of rotatable bonds is 5. The molecule has 3 rings (SSSR count). The van der Waals surface area contributed by atoms with Crippen molar-refractivity contribution in [2.24, 2.45) is 0 Å². The number of phenols is 2. The summed E-state index contributed by atoms with van der Waals surface area (Å²) >= 11 is 0. The third-order valence-corrected chi connectivity index (χ3v) is 3.99. The van der Waals surface area contributed by atoms with Crippen LogP contribution < -0.4 is 0 Å². The van der Waals surface area contributed by atoms with Crippen LogP contribution in [0.5, 0.6) is 11.5 Å². The number of Topliss-reactive ketones (excluding diaryl/α,β-unsaturated/α-hetero) is 1. The maximum absolute atomic E-state index is 12.5. The molecule has 0 heterocycles. The summed E-state index contributed by atoms with van der Waals surface area (Å²) in [6.45, 7) is 0. The van der Waals surface area contributed by atoms with E-state index in [0.717, 1.165) is 17.7 Å². The molecular weight excluding hydrogens is 334 g/mol. The lowest BCUT2D eigenvalue weighted by Crippen LogP contribution is -2.03. The lowest BCUT2D eigenvalue weighted by atomic mass is 9.97. The molecule has 6 nitrogen and oxygen atoms in total. The maximum atomic E-state index is 12.5. The summed E-state index contributed by atoms with van der Waals surface area (Å²) < 4.78 is 0. The SMILES string of the molecule is O=C(Cc1ccccc1)c1cccc(-c2cc(O)c(O)cc2[N+](=O)[O-])c1. The van der Waals surface area contributed by atoms with Gasteiger partial charge in [-0.2, -0.15) is 0 Å². The number of phenolic OH excluding ortho intramolecular Hbond substituents is 2. The van der Waals surface area contributed by atoms with Crippen molar-refractivity contribution in [3.63, 3.8) is 0 Å². The largest absolute Gasteiger partial charge is 0.504 e. The van der Waals surface area contributed by atoms with Gasteiger partial charge in [0.1, 0.15) is 0 Å². The van der Waals surface area contributed by atoms with Crippen molar-refractivity contribution < 1.29 is 19.9 Å². The van der Waals surface area contributed by atoms with Crippen LogP contribution in [0.1, 0.15) is 15.9 Å². The van der Waals surface area contributed by atoms with Crippen molar-refractivity contribution >= 4 is 11.5 Å². The lowest BCUT2D eigenvalue weighted by Gasteiger charge is -2.08. The molecule has 0 saturated heterocycles. The number of ketones is 1. The molecule has 0 aromatic heterocycles. The molecule has 26 heavy (non-hydrogen) atoms. The summed E-state index contributed by atoms with van der Waals surface area (Å²) in [7, 11) is 0. The molecule has 0 aliphatic rings. The van der Waals surface area contributed by atoms with Crippen LogP contribution in [-0.4, -0.2) is 20.9 Å². The Morgan fingerprint density at radius 3 is 2.31 bits per heavy atom. The van der Waals surface area contributed by atoms with Crippen molar-refractivity contribution in [3.05, 3.63) is 88.0 Å². The average molecular weight is 349 g/mol. The monoisotopic (exact) mass is 349 g/mol. The highest BCUT2D eigenvalue weighted by atomic mass is 16.6. The Balaban J connectivity index is 1.99. The molecule has 0 atom stereocenters. The van der Waals surface area contributed by atoms with Crippen LogP contribution in [0, 0.1) is 10.1 Å². The van der Waals surface area contributed by atoms with Crippen molar-refractivity contribution in [3.8, 4) is 22.6 Å². The van der Waals surface area contributed by atoms with Gasteiger partial charge >= 0.3 is 0 Å². The molecule has 2 N–H and O–H groups in total. The van der Waals surface area contributed by atoms with Crippen LogP contribution in [0.15, 0.2) is 66.7 Å². The number of nitrogens with zero attached hydrogens (tertiary/aromatic N) is 1. The Hall–Kier alpha value is -3.67. The van der Waals surface area contributed by atoms with Gasteiger partial charge < -0.3 is 10.2 Å². The van der Waals surface area contributed by atoms with Crippen LogP contribution in [0.3, 0.4) is 0 Å². The molecule has 6 heteroatoms. The first kappa shape index (κ1) is 17.2. The third kappa shape index (κ3) is 3.54. The molecule has 0 spiro atoms. The fourth-order valence-corrected chi connectivity index (χ4v) is 2.69. The summed E-state index contributed by atoms with van der Waals surface area (Å²) in [6.07, 6.45) is 0.215. The predicted molar refractivity (Wildman–Crippen MR) is 96.3 cm³/mol. The first-order valence-corrected chi connectivity index (χ1v) is 7.83. The van der Waals surface area contributed by atoms with Gasteiger partial charge in [-0.15, -0.1) is 0 Å². The van der Waals surface area contributed by atoms with E-state index in [-0.39, 0.29) is 23.5 Å². The van der Waals surface area contributed by atoms with Crippen LogP contribution in [0.4, 0.5) is 5.69 Å². The molecule has 0 fully saturated rings. The Kier molecular flexibility index (Phi) is 4.66. The number of nitro groups is 1. The number of carbonyl (C=O) groups is 1. The van der Waals surface area contributed by atoms with Gasteiger partial charge in [-0.1, -0.05) is 48.5 Å². The first-order valence-electron chi connectivity index (χ1n) is 7.83. The van der Waals surface area contributed by atoms with Gasteiger partial charge in [-0.3, -0.25) is 14.9 Å². The van der Waals surface area contributed by atoms with Crippen LogP contribution in [-0.2, 0) is 6.42 Å². The molecule has 3 aromatic carbocycles. The van der Waals surface area contributed by atoms with Gasteiger partial charge in [0.25, 0.3) is 5.69 Å². The van der Waals surface area contributed by atoms with E-state index in [1.165, 1.54) is 0 Å². The van der Waals surface area contributed by atoms with Crippen molar-refractivity contribution in [1.29, 1.82) is 0 Å². The first-order chi connectivity index (χ1) is 12.5. The summed E-state index contributed by atoms with van der Waals surface area (Å²) in [5.74, 6) is -1.16. The second-order valence-corrected chi connectivity index (χ2v) is 5.78. The maximum Gasteiger partial charge on any atom is 0.281 e. The second kappa shape index (κ2) is 7.06. The van der Waals surface area contributed by atoms with E-state index in [4.69, 9.17) is 0 Å². The minimum absolute atomic E-state index is 0.122. The highest BCUT2D eigenvalue weighted by Crippen LogP contribution is 2.38. The zero-order valence-electron chi connectivity index (χ0n) is 13.6. The van der Waals surface area contributed by atoms with Crippen molar-refractivity contribution in [2.45, 2.75) is 6.42 Å². The van der Waals surface area contributed by atoms with Gasteiger partial charge in [-0.05, 0) is 23.3 Å². The number of hydrogen-bond acceptors (Lipinski definition) is 5. The molecule has 0 saturated carbocycles. The lowest BCUT2D eigenvalue weighted by molar-refractivity contribution is -0.384. The van der Waals surface area contributed by atoms with E-state index < -0.39 is 16.4 Å². The minimum Gasteiger partial charge on any atom is -0.504 e. The number of carbonyl (C=O) groups excluding carboxylic acids is 1. The topological polar surface area (TPSA) is 101 Å². The number of aromatic hydroxyl groups is 2. The van der Waals surface area contributed by atoms with Crippen LogP contribution in [0.2, 0.25) is 0 Å². The Bertz CT molecular complexity index is 983. The molecule has 0 aliphatic carbocycles. The van der Waals surface area contributed by atoms with E-state index in [9.17, 15) is 25.1 Å². The molecule has 0 radical (unpaired) electrons. The molecular formula is C20H15NO5. The summed E-state index contributed by atoms with van der Waals surface area (Å²) in [5.41, 5.74) is 1.46. The summed E-state index contributed by atoms with van der Waals surface area (Å²) in [5, 5.41) is 30.5. The van der Waals surface area contributed by atoms with Gasteiger partial charge in [0.2, 0.25) is 0 Å². The van der Waals surface area contributed by atoms with E-state index in [0.29, 0.717) is 11.1 Å². The fourth-order valence-electron chi connectivity index (χ4n) is 2.69. The summed E-state index contributed by atoms with van der Waals surface area (Å²) in [6, 6.07) is 17.7. The standard InChI is InChI=1S/C20H15NO5/c22-18(9-13-5-2-1-3-6-13)15-8-4-7-14(10-15)16-11-19(23)20(24)12-17(16)21(25)26/h1-8,10-12,23-24H,9H2. The quantitative estimate of drug-likeness (QED) is 0.313. The van der Waals surface area contributed by atoms with Crippen molar-refractivity contribution in [2.75, 3.05) is 0 Å². The fraction of sp³-hybridized carbons (Fsp3) is 0.0500. The van der Waals surface area contributed by atoms with E-state index >= 15 is 0 Å². The van der Waals surface area contributed by atoms with Crippen LogP contribution in [0.25, 0.3) is 11.1 Å². The van der Waals surface area contributed by atoms with Crippen molar-refractivity contribution in [1.82, 2.24) is 0 Å². The normalized spacial score (nSPS) is 10.5. The molecule has 0 bridgehead atoms. The predicted octanol–water partition coefficient (Wildman–Crippen LogP) is 4.10. The van der Waals surface area contributed by atoms with Crippen LogP contribution >= 0.6 is 0 Å². The molecule has 0 unspecified atom stereocenters. The Morgan fingerprint density at radius 1 is 0.923 bits per heavy atom. The minimum atomic E-state index is -0.646. The zero-order chi connectivity index (χ0) is 18.7. The summed E-state index contributed by atoms with van der Waals surface area (Å²) in [4.78, 5) is 23.1. The van der Waals surface area contributed by atoms with E-state index in [1.807, 2.05) is 30.3 Å². The molecule has 3 aromatic rings. The average Bonchev–Trinajstić information content (AvgIpc) is 2.64. The van der Waals surface area contributed by atoms with E-state index in [1.54, 1.807) is 24.3 Å². The van der Waals surface area contributed by atoms with Gasteiger partial charge in [0.15, 0.2) is 17.3 Å². The molecule has 0 aliphatic heterocycles. The number of hydrogen-bond donors (Lipinski definition) is 2. The zero-order valence-corrected chi connectivity index (χ0v) is 13.6. The number of nitro benzene ring substituents is 1. The molecule has 130 valence electrons. The van der Waals surface area contributed by atoms with E-state index in [2.05, 4.69) is 0 Å². The highest BCUT2D eigenvalue weighted by molar-refractivity contribution is 5.98. The smallest absolute Gasteiger partial charge is 0.281 e. The van der Waals surface area contributed by atoms with Gasteiger partial charge in [0.05, 0.1) is 16.6 Å². The second-order valence-electron chi connectivity index (χ2n) is 5.78. The van der Waals surface area contributed by atoms with Gasteiger partial charge in [0, 0.05) is 12.0 Å². The molecule has 0 amide bonds. The Morgan fingerprint density at radius 2 is 1.62 bits per heavy atom. The van der Waals surface area contributed by atoms with Gasteiger partial charge in [-0.25, -0.2) is 0 Å². The number of benzene rings is 3. The Labute approximate surface area is 149 Å². The third-order valence-electron chi connectivity index (χ3n) is 3.99.